The van der Waals surface area contributed by atoms with E-state index in [1.54, 1.807) is 0 Å². The van der Waals surface area contributed by atoms with Crippen LogP contribution in [0.2, 0.25) is 25.2 Å². The molecule has 0 amide bonds. The second-order valence-electron chi connectivity index (χ2n) is 4.05. The van der Waals surface area contributed by atoms with Crippen LogP contribution in [-0.4, -0.2) is 19.7 Å². The fraction of sp³-hybridized carbons (Fsp3) is 0.857. The van der Waals surface area contributed by atoms with E-state index in [0.29, 0.717) is 5.54 Å². The van der Waals surface area contributed by atoms with Crippen molar-refractivity contribution in [2.24, 2.45) is 5.92 Å². The summed E-state index contributed by atoms with van der Waals surface area (Å²) in [6, 6.07) is 0. The molecule has 1 aliphatic carbocycles. The molecule has 1 saturated carbocycles. The van der Waals surface area contributed by atoms with E-state index in [-0.39, 0.29) is 11.3 Å². The Balaban J connectivity index is 2.56. The zero-order valence-electron chi connectivity index (χ0n) is 6.60. The molecule has 3 atom stereocenters. The van der Waals surface area contributed by atoms with Crippen molar-refractivity contribution in [1.29, 1.82) is 0 Å². The first-order valence-electron chi connectivity index (χ1n) is 3.58. The van der Waals surface area contributed by atoms with Gasteiger partial charge in [-0.2, -0.15) is 0 Å². The van der Waals surface area contributed by atoms with Crippen molar-refractivity contribution in [1.82, 2.24) is 0 Å². The molecule has 0 N–H and O–H groups in total. The van der Waals surface area contributed by atoms with Crippen LogP contribution in [0.25, 0.3) is 0 Å². The van der Waals surface area contributed by atoms with Crippen LogP contribution >= 0.6 is 11.6 Å². The molecular formula is C7H13ClOSi. The van der Waals surface area contributed by atoms with E-state index in [1.165, 1.54) is 0 Å². The van der Waals surface area contributed by atoms with Gasteiger partial charge in [0.1, 0.15) is 6.29 Å². The summed E-state index contributed by atoms with van der Waals surface area (Å²) in [5, 5.41) is 0.157. The summed E-state index contributed by atoms with van der Waals surface area (Å²) in [6.45, 7) is 6.78. The Hall–Kier alpha value is 0.177. The highest BCUT2D eigenvalue weighted by molar-refractivity contribution is 6.80. The van der Waals surface area contributed by atoms with E-state index in [0.717, 1.165) is 6.29 Å². The summed E-state index contributed by atoms with van der Waals surface area (Å²) >= 11 is 5.91. The third-order valence-electron chi connectivity index (χ3n) is 2.14. The molecule has 1 fully saturated rings. The second-order valence-corrected chi connectivity index (χ2v) is 9.95. The van der Waals surface area contributed by atoms with Gasteiger partial charge in [0.15, 0.2) is 0 Å². The van der Waals surface area contributed by atoms with Crippen LogP contribution in [0.3, 0.4) is 0 Å². The summed E-state index contributed by atoms with van der Waals surface area (Å²) in [6.07, 6.45) is 1.01. The maximum Gasteiger partial charge on any atom is 0.124 e. The molecular weight excluding hydrogens is 164 g/mol. The highest BCUT2D eigenvalue weighted by Gasteiger charge is 2.55. The molecule has 0 aromatic heterocycles. The number of carbonyl (C=O) groups is 1. The lowest BCUT2D eigenvalue weighted by atomic mass is 10.5. The maximum absolute atomic E-state index is 10.4. The number of hydrogen-bond acceptors (Lipinski definition) is 1. The minimum absolute atomic E-state index is 0.157. The lowest BCUT2D eigenvalue weighted by molar-refractivity contribution is -0.108. The molecule has 1 nitrogen and oxygen atoms in total. The van der Waals surface area contributed by atoms with E-state index in [9.17, 15) is 4.79 Å². The lowest BCUT2D eigenvalue weighted by Gasteiger charge is -2.13. The maximum atomic E-state index is 10.4. The molecule has 0 bridgehead atoms. The van der Waals surface area contributed by atoms with Crippen molar-refractivity contribution >= 4 is 26.0 Å². The van der Waals surface area contributed by atoms with Gasteiger partial charge in [0.05, 0.1) is 0 Å². The summed E-state index contributed by atoms with van der Waals surface area (Å²) in [5.74, 6) is 0.174. The van der Waals surface area contributed by atoms with Gasteiger partial charge in [0, 0.05) is 19.4 Å². The zero-order chi connectivity index (χ0) is 7.94. The molecule has 0 heterocycles. The molecule has 1 aliphatic rings. The van der Waals surface area contributed by atoms with Crippen molar-refractivity contribution in [3.05, 3.63) is 0 Å². The highest BCUT2D eigenvalue weighted by Crippen LogP contribution is 2.54. The lowest BCUT2D eigenvalue weighted by Crippen LogP contribution is -2.21. The Morgan fingerprint density at radius 2 is 1.90 bits per heavy atom. The van der Waals surface area contributed by atoms with Gasteiger partial charge in [-0.05, 0) is 5.54 Å². The molecule has 1 unspecified atom stereocenters. The van der Waals surface area contributed by atoms with Crippen molar-refractivity contribution in [3.8, 4) is 0 Å². The predicted molar refractivity (Wildman–Crippen MR) is 46.3 cm³/mol. The fourth-order valence-electron chi connectivity index (χ4n) is 1.51. The van der Waals surface area contributed by atoms with Gasteiger partial charge >= 0.3 is 0 Å². The van der Waals surface area contributed by atoms with E-state index in [4.69, 9.17) is 11.6 Å². The molecule has 0 saturated heterocycles. The van der Waals surface area contributed by atoms with Crippen LogP contribution in [-0.2, 0) is 4.79 Å². The number of hydrogen-bond donors (Lipinski definition) is 0. The van der Waals surface area contributed by atoms with Crippen LogP contribution in [0.1, 0.15) is 0 Å². The summed E-state index contributed by atoms with van der Waals surface area (Å²) in [4.78, 5) is 10.4. The van der Waals surface area contributed by atoms with E-state index >= 15 is 0 Å². The van der Waals surface area contributed by atoms with Gasteiger partial charge in [0.2, 0.25) is 0 Å². The Kier molecular flexibility index (Phi) is 1.94. The topological polar surface area (TPSA) is 17.1 Å². The normalized spacial score (nSPS) is 39.4. The minimum Gasteiger partial charge on any atom is -0.303 e. The molecule has 10 heavy (non-hydrogen) atoms. The average Bonchev–Trinajstić information content (AvgIpc) is 2.39. The number of halogens is 1. The van der Waals surface area contributed by atoms with Crippen LogP contribution < -0.4 is 0 Å². The van der Waals surface area contributed by atoms with Crippen LogP contribution in [0.15, 0.2) is 0 Å². The first-order valence-corrected chi connectivity index (χ1v) is 7.59. The fourth-order valence-corrected chi connectivity index (χ4v) is 5.57. The molecule has 58 valence electrons. The Morgan fingerprint density at radius 1 is 1.40 bits per heavy atom. The van der Waals surface area contributed by atoms with E-state index < -0.39 is 8.07 Å². The molecule has 0 radical (unpaired) electrons. The molecule has 0 aromatic rings. The van der Waals surface area contributed by atoms with Crippen molar-refractivity contribution in [2.75, 3.05) is 0 Å². The first-order chi connectivity index (χ1) is 4.48. The average molecular weight is 177 g/mol. The van der Waals surface area contributed by atoms with Gasteiger partial charge < -0.3 is 4.79 Å². The Labute approximate surface area is 67.8 Å². The van der Waals surface area contributed by atoms with E-state index in [2.05, 4.69) is 19.6 Å². The van der Waals surface area contributed by atoms with Gasteiger partial charge in [-0.25, -0.2) is 0 Å². The summed E-state index contributed by atoms with van der Waals surface area (Å²) < 4.78 is 0. The van der Waals surface area contributed by atoms with Gasteiger partial charge in [-0.1, -0.05) is 19.6 Å². The molecule has 1 rings (SSSR count). The van der Waals surface area contributed by atoms with Gasteiger partial charge in [0.25, 0.3) is 0 Å². The largest absolute Gasteiger partial charge is 0.303 e. The third kappa shape index (κ3) is 1.27. The number of alkyl halides is 1. The third-order valence-corrected chi connectivity index (χ3v) is 5.66. The zero-order valence-corrected chi connectivity index (χ0v) is 8.35. The Morgan fingerprint density at radius 3 is 2.00 bits per heavy atom. The quantitative estimate of drug-likeness (QED) is 0.358. The number of aldehydes is 1. The standard InChI is InChI=1S/C7H13ClOSi/c1-10(2,3)7-5(4-9)6(7)8/h4-7H,1-3H3/t5-,6?,7+/m1/s1. The van der Waals surface area contributed by atoms with Gasteiger partial charge in [-0.15, -0.1) is 11.6 Å². The summed E-state index contributed by atoms with van der Waals surface area (Å²) in [5.41, 5.74) is 0.534. The van der Waals surface area contributed by atoms with Crippen LogP contribution in [0.5, 0.6) is 0 Å². The van der Waals surface area contributed by atoms with E-state index in [1.807, 2.05) is 0 Å². The summed E-state index contributed by atoms with van der Waals surface area (Å²) in [7, 11) is -1.13. The predicted octanol–water partition coefficient (Wildman–Crippen LogP) is 2.13. The second kappa shape index (κ2) is 2.34. The molecule has 0 spiro atoms. The molecule has 0 aliphatic heterocycles. The van der Waals surface area contributed by atoms with Crippen molar-refractivity contribution in [3.63, 3.8) is 0 Å². The minimum atomic E-state index is -1.13. The first kappa shape index (κ1) is 8.28. The monoisotopic (exact) mass is 176 g/mol. The Bertz CT molecular complexity index is 152. The number of rotatable bonds is 2. The van der Waals surface area contributed by atoms with Crippen molar-refractivity contribution < 1.29 is 4.79 Å². The molecule has 3 heteroatoms. The van der Waals surface area contributed by atoms with Crippen LogP contribution in [0, 0.1) is 5.92 Å². The van der Waals surface area contributed by atoms with Gasteiger partial charge in [-0.3, -0.25) is 0 Å². The molecule has 0 aromatic carbocycles. The number of carbonyl (C=O) groups excluding carboxylic acids is 1. The highest BCUT2D eigenvalue weighted by atomic mass is 35.5. The van der Waals surface area contributed by atoms with Crippen molar-refractivity contribution in [2.45, 2.75) is 30.6 Å². The van der Waals surface area contributed by atoms with Crippen LogP contribution in [0.4, 0.5) is 0 Å². The smallest absolute Gasteiger partial charge is 0.124 e. The SMILES string of the molecule is C[Si](C)(C)[C@@H]1C(Cl)[C@H]1C=O.